The standard InChI is InChI=1S/C36H35FN6O4/c1-36(2,3)47-35(45)42-16-14-27-19-30(37)31(20-28(27)23-42)41-33-38-21-25(22-39-33)13-12-24-8-7-11-29(18-24)40-34(44)43-32(15-17-46-43)26-9-5-4-6-10-26/h4-11,18-22,32H,14-17,23H2,1-3H3,(H,40,44)(H,38,39,41)/t32-/m0/s1. The summed E-state index contributed by atoms with van der Waals surface area (Å²) in [6.45, 7) is 6.71. The minimum Gasteiger partial charge on any atom is -0.444 e. The van der Waals surface area contributed by atoms with Crippen molar-refractivity contribution in [1.82, 2.24) is 19.9 Å². The number of nitrogens with zero attached hydrogens (tertiary/aromatic N) is 4. The van der Waals surface area contributed by atoms with Gasteiger partial charge in [0.05, 0.1) is 23.9 Å². The number of hydrogen-bond acceptors (Lipinski definition) is 7. The van der Waals surface area contributed by atoms with Gasteiger partial charge in [-0.2, -0.15) is 5.06 Å². The van der Waals surface area contributed by atoms with Crippen LogP contribution in [0.3, 0.4) is 0 Å². The molecule has 0 saturated carbocycles. The van der Waals surface area contributed by atoms with E-state index in [0.29, 0.717) is 42.9 Å². The Kier molecular flexibility index (Phi) is 9.04. The number of carbonyl (C=O) groups is 2. The molecule has 1 fully saturated rings. The van der Waals surface area contributed by atoms with Crippen LogP contribution in [0.5, 0.6) is 0 Å². The van der Waals surface area contributed by atoms with Gasteiger partial charge in [0.15, 0.2) is 0 Å². The molecule has 0 aliphatic carbocycles. The molecule has 2 aliphatic rings. The van der Waals surface area contributed by atoms with Crippen LogP contribution in [0.2, 0.25) is 0 Å². The molecule has 240 valence electrons. The zero-order valence-electron chi connectivity index (χ0n) is 26.4. The molecule has 2 aliphatic heterocycles. The van der Waals surface area contributed by atoms with Gasteiger partial charge in [-0.1, -0.05) is 48.2 Å². The van der Waals surface area contributed by atoms with Crippen LogP contribution in [0, 0.1) is 17.7 Å². The van der Waals surface area contributed by atoms with Gasteiger partial charge in [0.1, 0.15) is 11.4 Å². The van der Waals surface area contributed by atoms with E-state index in [1.54, 1.807) is 35.5 Å². The summed E-state index contributed by atoms with van der Waals surface area (Å²) in [5.74, 6) is 5.87. The lowest BCUT2D eigenvalue weighted by molar-refractivity contribution is -0.0829. The van der Waals surface area contributed by atoms with Crippen molar-refractivity contribution in [1.29, 1.82) is 0 Å². The first-order chi connectivity index (χ1) is 22.6. The summed E-state index contributed by atoms with van der Waals surface area (Å²) in [5, 5.41) is 7.22. The van der Waals surface area contributed by atoms with Crippen LogP contribution >= 0.6 is 0 Å². The monoisotopic (exact) mass is 634 g/mol. The maximum atomic E-state index is 14.9. The molecular weight excluding hydrogens is 599 g/mol. The fourth-order valence-corrected chi connectivity index (χ4v) is 5.38. The Bertz CT molecular complexity index is 1830. The van der Waals surface area contributed by atoms with Crippen LogP contribution in [0.15, 0.2) is 79.1 Å². The van der Waals surface area contributed by atoms with Crippen molar-refractivity contribution >= 4 is 29.4 Å². The zero-order chi connectivity index (χ0) is 33.0. The number of amides is 3. The number of nitrogens with one attached hydrogen (secondary N) is 2. The van der Waals surface area contributed by atoms with E-state index in [2.05, 4.69) is 32.4 Å². The number of rotatable bonds is 4. The lowest BCUT2D eigenvalue weighted by Crippen LogP contribution is -2.39. The average molecular weight is 635 g/mol. The van der Waals surface area contributed by atoms with Gasteiger partial charge in [-0.05, 0) is 74.2 Å². The second kappa shape index (κ2) is 13.5. The summed E-state index contributed by atoms with van der Waals surface area (Å²) in [7, 11) is 0. The van der Waals surface area contributed by atoms with E-state index in [0.717, 1.165) is 23.1 Å². The van der Waals surface area contributed by atoms with E-state index in [1.165, 1.54) is 11.1 Å². The van der Waals surface area contributed by atoms with Crippen LogP contribution < -0.4 is 10.6 Å². The van der Waals surface area contributed by atoms with Gasteiger partial charge in [-0.25, -0.2) is 23.9 Å². The molecule has 0 bridgehead atoms. The van der Waals surface area contributed by atoms with Crippen LogP contribution in [-0.4, -0.2) is 50.8 Å². The van der Waals surface area contributed by atoms with Gasteiger partial charge >= 0.3 is 12.1 Å². The molecule has 4 aromatic rings. The SMILES string of the molecule is CC(C)(C)OC(=O)N1CCc2cc(F)c(Nc3ncc(C#Cc4cccc(NC(=O)N5OCC[C@H]5c5ccccc5)c4)cn3)cc2C1. The molecule has 10 nitrogen and oxygen atoms in total. The summed E-state index contributed by atoms with van der Waals surface area (Å²) in [6, 6.07) is 19.7. The lowest BCUT2D eigenvalue weighted by Gasteiger charge is -2.31. The predicted octanol–water partition coefficient (Wildman–Crippen LogP) is 6.96. The summed E-state index contributed by atoms with van der Waals surface area (Å²) in [6.07, 6.45) is 3.95. The Morgan fingerprint density at radius 3 is 2.51 bits per heavy atom. The van der Waals surface area contributed by atoms with Gasteiger partial charge < -0.3 is 20.3 Å². The number of carbonyl (C=O) groups excluding carboxylic acids is 2. The number of hydroxylamine groups is 2. The second-order valence-electron chi connectivity index (χ2n) is 12.3. The first kappa shape index (κ1) is 31.5. The zero-order valence-corrected chi connectivity index (χ0v) is 26.4. The van der Waals surface area contributed by atoms with Crippen molar-refractivity contribution in [2.45, 2.75) is 51.8 Å². The van der Waals surface area contributed by atoms with Crippen LogP contribution in [-0.2, 0) is 22.5 Å². The topological polar surface area (TPSA) is 109 Å². The van der Waals surface area contributed by atoms with Gasteiger partial charge in [0.25, 0.3) is 0 Å². The first-order valence-electron chi connectivity index (χ1n) is 15.4. The quantitative estimate of drug-likeness (QED) is 0.234. The summed E-state index contributed by atoms with van der Waals surface area (Å²) >= 11 is 0. The third-order valence-corrected chi connectivity index (χ3v) is 7.61. The fourth-order valence-electron chi connectivity index (χ4n) is 5.38. The van der Waals surface area contributed by atoms with E-state index in [1.807, 2.05) is 63.2 Å². The highest BCUT2D eigenvalue weighted by Crippen LogP contribution is 2.31. The van der Waals surface area contributed by atoms with Crippen molar-refractivity contribution in [3.63, 3.8) is 0 Å². The van der Waals surface area contributed by atoms with E-state index in [9.17, 15) is 14.0 Å². The highest BCUT2D eigenvalue weighted by atomic mass is 19.1. The largest absolute Gasteiger partial charge is 0.444 e. The molecule has 3 heterocycles. The highest BCUT2D eigenvalue weighted by molar-refractivity contribution is 5.89. The number of aromatic nitrogens is 2. The fraction of sp³-hybridized carbons (Fsp3) is 0.278. The Hall–Kier alpha value is -5.47. The molecule has 3 amide bonds. The number of benzene rings is 3. The molecule has 1 aromatic heterocycles. The van der Waals surface area contributed by atoms with E-state index >= 15 is 0 Å². The molecule has 1 atom stereocenters. The van der Waals surface area contributed by atoms with E-state index < -0.39 is 17.5 Å². The molecule has 3 aromatic carbocycles. The average Bonchev–Trinajstić information content (AvgIpc) is 3.55. The molecule has 2 N–H and O–H groups in total. The molecule has 47 heavy (non-hydrogen) atoms. The number of hydrogen-bond donors (Lipinski definition) is 2. The number of halogens is 1. The molecule has 0 unspecified atom stereocenters. The summed E-state index contributed by atoms with van der Waals surface area (Å²) < 4.78 is 20.4. The van der Waals surface area contributed by atoms with E-state index in [-0.39, 0.29) is 23.7 Å². The number of anilines is 3. The summed E-state index contributed by atoms with van der Waals surface area (Å²) in [4.78, 5) is 41.4. The minimum absolute atomic E-state index is 0.158. The number of fused-ring (bicyclic) bond motifs is 1. The van der Waals surface area contributed by atoms with Gasteiger partial charge in [-0.15, -0.1) is 0 Å². The maximum Gasteiger partial charge on any atom is 0.410 e. The third-order valence-electron chi connectivity index (χ3n) is 7.61. The molecular formula is C36H35FN6O4. The van der Waals surface area contributed by atoms with Crippen molar-refractivity contribution in [3.05, 3.63) is 113 Å². The molecule has 0 radical (unpaired) electrons. The van der Waals surface area contributed by atoms with Gasteiger partial charge in [0.2, 0.25) is 5.95 Å². The summed E-state index contributed by atoms with van der Waals surface area (Å²) in [5.41, 5.74) is 4.13. The Morgan fingerprint density at radius 1 is 0.979 bits per heavy atom. The lowest BCUT2D eigenvalue weighted by atomic mass is 9.99. The molecule has 0 spiro atoms. The third kappa shape index (κ3) is 7.85. The molecule has 6 rings (SSSR count). The van der Waals surface area contributed by atoms with Crippen LogP contribution in [0.1, 0.15) is 61.1 Å². The van der Waals surface area contributed by atoms with Crippen molar-refractivity contribution in [3.8, 4) is 11.8 Å². The highest BCUT2D eigenvalue weighted by Gasteiger charge is 2.32. The van der Waals surface area contributed by atoms with Crippen LogP contribution in [0.4, 0.5) is 31.3 Å². The number of urea groups is 1. The second-order valence-corrected chi connectivity index (χ2v) is 12.3. The Labute approximate surface area is 272 Å². The molecule has 1 saturated heterocycles. The van der Waals surface area contributed by atoms with Gasteiger partial charge in [-0.3, -0.25) is 4.84 Å². The smallest absolute Gasteiger partial charge is 0.410 e. The Morgan fingerprint density at radius 2 is 1.74 bits per heavy atom. The minimum atomic E-state index is -0.598. The van der Waals surface area contributed by atoms with Crippen LogP contribution in [0.25, 0.3) is 0 Å². The van der Waals surface area contributed by atoms with Crippen molar-refractivity contribution in [2.24, 2.45) is 0 Å². The van der Waals surface area contributed by atoms with Crippen molar-refractivity contribution in [2.75, 3.05) is 23.8 Å². The van der Waals surface area contributed by atoms with Gasteiger partial charge in [0, 0.05) is 43.2 Å². The maximum absolute atomic E-state index is 14.9. The number of ether oxygens (including phenoxy) is 1. The normalized spacial score (nSPS) is 15.7. The van der Waals surface area contributed by atoms with E-state index in [4.69, 9.17) is 9.57 Å². The van der Waals surface area contributed by atoms with Crippen molar-refractivity contribution < 1.29 is 23.6 Å². The predicted molar refractivity (Wildman–Crippen MR) is 175 cm³/mol. The Balaban J connectivity index is 1.08. The molecule has 11 heteroatoms. The first-order valence-corrected chi connectivity index (χ1v) is 15.4.